The summed E-state index contributed by atoms with van der Waals surface area (Å²) in [6, 6.07) is 7.16. The monoisotopic (exact) mass is 414 g/mol. The number of primary amides is 1. The van der Waals surface area contributed by atoms with Crippen molar-refractivity contribution in [3.63, 3.8) is 0 Å². The van der Waals surface area contributed by atoms with E-state index >= 15 is 0 Å². The Kier molecular flexibility index (Phi) is 5.19. The summed E-state index contributed by atoms with van der Waals surface area (Å²) < 4.78 is 1.35. The first-order valence-electron chi connectivity index (χ1n) is 8.82. The molecule has 2 heterocycles. The lowest BCUT2D eigenvalue weighted by atomic mass is 10.2. The van der Waals surface area contributed by atoms with Gasteiger partial charge in [0.25, 0.3) is 5.56 Å². The van der Waals surface area contributed by atoms with Crippen LogP contribution in [0.5, 0.6) is 0 Å². The molecule has 0 spiro atoms. The van der Waals surface area contributed by atoms with E-state index in [9.17, 15) is 14.4 Å². The molecular formula is C19H18N4O3S2. The SMILES string of the molecule is NC(=O)CSc1ccccc1NC(=O)Cn1cnc2sc3c(c2c1=O)CCC3. The molecule has 1 aliphatic rings. The highest BCUT2D eigenvalue weighted by atomic mass is 32.2. The second kappa shape index (κ2) is 7.76. The van der Waals surface area contributed by atoms with Gasteiger partial charge in [0.05, 0.1) is 23.2 Å². The van der Waals surface area contributed by atoms with Crippen LogP contribution in [0.25, 0.3) is 10.2 Å². The molecule has 0 fully saturated rings. The summed E-state index contributed by atoms with van der Waals surface area (Å²) >= 11 is 2.83. The largest absolute Gasteiger partial charge is 0.369 e. The molecule has 4 rings (SSSR count). The van der Waals surface area contributed by atoms with E-state index in [4.69, 9.17) is 5.73 Å². The minimum atomic E-state index is -0.430. The van der Waals surface area contributed by atoms with E-state index in [1.807, 2.05) is 6.07 Å². The molecule has 0 radical (unpaired) electrons. The Bertz CT molecular complexity index is 1140. The zero-order valence-electron chi connectivity index (χ0n) is 14.9. The summed E-state index contributed by atoms with van der Waals surface area (Å²) in [6.45, 7) is -0.124. The van der Waals surface area contributed by atoms with Gasteiger partial charge in [-0.1, -0.05) is 12.1 Å². The number of fused-ring (bicyclic) bond motifs is 3. The lowest BCUT2D eigenvalue weighted by Gasteiger charge is -2.11. The Morgan fingerprint density at radius 2 is 2.11 bits per heavy atom. The van der Waals surface area contributed by atoms with E-state index in [1.165, 1.54) is 27.5 Å². The number of aryl methyl sites for hydroxylation is 2. The van der Waals surface area contributed by atoms with Crippen molar-refractivity contribution < 1.29 is 9.59 Å². The number of nitrogens with zero attached hydrogens (tertiary/aromatic N) is 2. The summed E-state index contributed by atoms with van der Waals surface area (Å²) in [5.41, 5.74) is 6.70. The Labute approximate surface area is 169 Å². The van der Waals surface area contributed by atoms with Gasteiger partial charge in [-0.3, -0.25) is 19.0 Å². The summed E-state index contributed by atoms with van der Waals surface area (Å²) in [6.07, 6.45) is 4.39. The first-order chi connectivity index (χ1) is 13.5. The zero-order valence-corrected chi connectivity index (χ0v) is 16.6. The molecule has 0 saturated carbocycles. The fourth-order valence-electron chi connectivity index (χ4n) is 3.32. The molecular weight excluding hydrogens is 396 g/mol. The van der Waals surface area contributed by atoms with Gasteiger partial charge in [0.1, 0.15) is 11.4 Å². The predicted octanol–water partition coefficient (Wildman–Crippen LogP) is 2.16. The number of nitrogens with two attached hydrogens (primary N) is 1. The number of anilines is 1. The Balaban J connectivity index is 1.54. The molecule has 7 nitrogen and oxygen atoms in total. The Morgan fingerprint density at radius 1 is 1.29 bits per heavy atom. The van der Waals surface area contributed by atoms with Crippen molar-refractivity contribution in [2.75, 3.05) is 11.1 Å². The van der Waals surface area contributed by atoms with Crippen LogP contribution in [0.15, 0.2) is 40.3 Å². The highest BCUT2D eigenvalue weighted by Gasteiger charge is 2.21. The maximum atomic E-state index is 12.9. The summed E-state index contributed by atoms with van der Waals surface area (Å²) in [4.78, 5) is 43.5. The zero-order chi connectivity index (χ0) is 19.7. The lowest BCUT2D eigenvalue weighted by Crippen LogP contribution is -2.28. The molecule has 2 aromatic heterocycles. The third kappa shape index (κ3) is 3.67. The molecule has 0 unspecified atom stereocenters. The number of hydrogen-bond donors (Lipinski definition) is 2. The van der Waals surface area contributed by atoms with Crippen molar-refractivity contribution in [2.24, 2.45) is 5.73 Å². The third-order valence-electron chi connectivity index (χ3n) is 4.54. The molecule has 0 bridgehead atoms. The summed E-state index contributed by atoms with van der Waals surface area (Å²) in [7, 11) is 0. The maximum absolute atomic E-state index is 12.9. The van der Waals surface area contributed by atoms with Crippen LogP contribution in [0.2, 0.25) is 0 Å². The van der Waals surface area contributed by atoms with Gasteiger partial charge in [0, 0.05) is 9.77 Å². The molecule has 2 amide bonds. The molecule has 0 aliphatic heterocycles. The quantitative estimate of drug-likeness (QED) is 0.601. The van der Waals surface area contributed by atoms with E-state index < -0.39 is 5.91 Å². The average Bonchev–Trinajstić information content (AvgIpc) is 3.24. The molecule has 144 valence electrons. The number of benzene rings is 1. The number of nitrogens with one attached hydrogen (secondary N) is 1. The Hall–Kier alpha value is -2.65. The van der Waals surface area contributed by atoms with Crippen LogP contribution < -0.4 is 16.6 Å². The van der Waals surface area contributed by atoms with E-state index in [2.05, 4.69) is 10.3 Å². The standard InChI is InChI=1S/C19H18N4O3S2/c20-15(24)9-27-14-6-2-1-5-12(14)22-16(25)8-23-10-21-18-17(19(23)26)11-4-3-7-13(11)28-18/h1-2,5-6,10H,3-4,7-9H2,(H2,20,24)(H,22,25). The number of rotatable bonds is 6. The highest BCUT2D eigenvalue weighted by molar-refractivity contribution is 8.00. The predicted molar refractivity (Wildman–Crippen MR) is 111 cm³/mol. The van der Waals surface area contributed by atoms with Crippen molar-refractivity contribution in [3.8, 4) is 0 Å². The number of aromatic nitrogens is 2. The number of carbonyl (C=O) groups is 2. The van der Waals surface area contributed by atoms with Gasteiger partial charge in [-0.05, 0) is 37.0 Å². The van der Waals surface area contributed by atoms with Gasteiger partial charge >= 0.3 is 0 Å². The fraction of sp³-hybridized carbons (Fsp3) is 0.263. The second-order valence-corrected chi connectivity index (χ2v) is 8.62. The minimum Gasteiger partial charge on any atom is -0.369 e. The number of carbonyl (C=O) groups excluding carboxylic acids is 2. The minimum absolute atomic E-state index is 0.121. The first kappa shape index (κ1) is 18.7. The molecule has 9 heteroatoms. The van der Waals surface area contributed by atoms with Crippen LogP contribution in [-0.2, 0) is 29.0 Å². The summed E-state index contributed by atoms with van der Waals surface area (Å²) in [5, 5.41) is 3.47. The van der Waals surface area contributed by atoms with Crippen LogP contribution in [0.4, 0.5) is 5.69 Å². The molecule has 1 aliphatic carbocycles. The fourth-order valence-corrected chi connectivity index (χ4v) is 5.29. The molecule has 3 N–H and O–H groups in total. The van der Waals surface area contributed by atoms with Crippen molar-refractivity contribution in [3.05, 3.63) is 51.4 Å². The van der Waals surface area contributed by atoms with Gasteiger partial charge in [0.15, 0.2) is 0 Å². The van der Waals surface area contributed by atoms with Crippen LogP contribution in [-0.4, -0.2) is 27.1 Å². The van der Waals surface area contributed by atoms with Crippen LogP contribution >= 0.6 is 23.1 Å². The highest BCUT2D eigenvalue weighted by Crippen LogP contribution is 2.34. The summed E-state index contributed by atoms with van der Waals surface area (Å²) in [5.74, 6) is -0.640. The number of amides is 2. The van der Waals surface area contributed by atoms with E-state index in [1.54, 1.807) is 29.5 Å². The van der Waals surface area contributed by atoms with Crippen LogP contribution in [0.3, 0.4) is 0 Å². The van der Waals surface area contributed by atoms with E-state index in [-0.39, 0.29) is 23.8 Å². The third-order valence-corrected chi connectivity index (χ3v) is 6.83. The van der Waals surface area contributed by atoms with Gasteiger partial charge in [-0.2, -0.15) is 0 Å². The molecule has 1 aromatic carbocycles. The van der Waals surface area contributed by atoms with Crippen molar-refractivity contribution >= 4 is 50.8 Å². The van der Waals surface area contributed by atoms with Crippen LogP contribution in [0.1, 0.15) is 16.9 Å². The van der Waals surface area contributed by atoms with E-state index in [0.29, 0.717) is 11.1 Å². The van der Waals surface area contributed by atoms with Gasteiger partial charge < -0.3 is 11.1 Å². The molecule has 3 aromatic rings. The number of hydrogen-bond acceptors (Lipinski definition) is 6. The van der Waals surface area contributed by atoms with Crippen molar-refractivity contribution in [1.82, 2.24) is 9.55 Å². The van der Waals surface area contributed by atoms with Crippen molar-refractivity contribution in [1.29, 1.82) is 0 Å². The maximum Gasteiger partial charge on any atom is 0.262 e. The van der Waals surface area contributed by atoms with Gasteiger partial charge in [-0.15, -0.1) is 23.1 Å². The van der Waals surface area contributed by atoms with Gasteiger partial charge in [-0.25, -0.2) is 4.98 Å². The second-order valence-electron chi connectivity index (χ2n) is 6.51. The first-order valence-corrected chi connectivity index (χ1v) is 10.6. The number of thioether (sulfide) groups is 1. The van der Waals surface area contributed by atoms with Crippen molar-refractivity contribution in [2.45, 2.75) is 30.7 Å². The number of para-hydroxylation sites is 1. The van der Waals surface area contributed by atoms with E-state index in [0.717, 1.165) is 34.6 Å². The molecule has 28 heavy (non-hydrogen) atoms. The van der Waals surface area contributed by atoms with Gasteiger partial charge in [0.2, 0.25) is 11.8 Å². The lowest BCUT2D eigenvalue weighted by molar-refractivity contribution is -0.117. The average molecular weight is 415 g/mol. The smallest absolute Gasteiger partial charge is 0.262 e. The Morgan fingerprint density at radius 3 is 2.93 bits per heavy atom. The van der Waals surface area contributed by atoms with Crippen LogP contribution in [0, 0.1) is 0 Å². The normalized spacial score (nSPS) is 12.9. The molecule has 0 saturated heterocycles. The molecule has 0 atom stereocenters. The number of thiophene rings is 1. The topological polar surface area (TPSA) is 107 Å².